The number of hydrogen-bond acceptors (Lipinski definition) is 21. The van der Waals surface area contributed by atoms with Crippen molar-refractivity contribution in [3.05, 3.63) is 72.3 Å². The van der Waals surface area contributed by atoms with Crippen molar-refractivity contribution in [3.63, 3.8) is 0 Å². The smallest absolute Gasteiger partial charge is 0.402 e. The van der Waals surface area contributed by atoms with Crippen LogP contribution in [0, 0.1) is 0 Å². The van der Waals surface area contributed by atoms with Crippen molar-refractivity contribution in [1.29, 1.82) is 0 Å². The average molecular weight is 918 g/mol. The molecule has 7 rings (SSSR count). The van der Waals surface area contributed by atoms with Crippen LogP contribution in [0.1, 0.15) is 12.5 Å². The zero-order chi connectivity index (χ0) is 46.9. The molecule has 0 saturated carbocycles. The number of hydrogen-bond donors (Lipinski definition) is 12. The average Bonchev–Trinajstić information content (AvgIpc) is 3.29. The van der Waals surface area contributed by atoms with Crippen molar-refractivity contribution in [1.82, 2.24) is 0 Å². The van der Waals surface area contributed by atoms with Gasteiger partial charge in [0, 0.05) is 24.3 Å². The Morgan fingerprint density at radius 2 is 1.31 bits per heavy atom. The van der Waals surface area contributed by atoms with Crippen molar-refractivity contribution in [2.75, 3.05) is 20.3 Å². The number of fused-ring (bicyclic) bond motifs is 1. The number of ether oxygens (including phenoxy) is 8. The molecule has 3 aliphatic rings. The first-order valence-electron chi connectivity index (χ1n) is 20.1. The highest BCUT2D eigenvalue weighted by Crippen LogP contribution is 2.43. The van der Waals surface area contributed by atoms with Crippen LogP contribution in [0.25, 0.3) is 28.4 Å². The Morgan fingerprint density at radius 1 is 0.677 bits per heavy atom. The number of aromatic hydroxyl groups is 3. The SMILES string of the molecule is COc1cc(-c2[o+]c3cc(O)cc(OC4O[C@H](CO)[C@@H](O)[C@H](O)[C@H]4O)c3cc2OC2O[C@@H](CO[C@@H]3O[C@@H](C)[C@H](OC(=O)/C=C/c4ccc(O)cc4)[C@@H](O)[C@H]3O)[C@@H](O)[C@H](O)[C@@H]2O)ccc1O. The van der Waals surface area contributed by atoms with Gasteiger partial charge in [-0.05, 0) is 42.8 Å². The van der Waals surface area contributed by atoms with Gasteiger partial charge < -0.3 is 99.2 Å². The zero-order valence-corrected chi connectivity index (χ0v) is 34.5. The molecule has 3 fully saturated rings. The molecule has 0 amide bonds. The first kappa shape index (κ1) is 47.5. The largest absolute Gasteiger partial charge is 0.508 e. The highest BCUT2D eigenvalue weighted by Gasteiger charge is 2.49. The number of methoxy groups -OCH3 is 1. The third-order valence-corrected chi connectivity index (χ3v) is 11.0. The van der Waals surface area contributed by atoms with Crippen LogP contribution < -0.4 is 14.2 Å². The van der Waals surface area contributed by atoms with Crippen LogP contribution in [0.4, 0.5) is 0 Å². The molecular formula is C43H49O22+. The Labute approximate surface area is 368 Å². The summed E-state index contributed by atoms with van der Waals surface area (Å²) < 4.78 is 51.6. The topological polar surface area (TPSA) is 345 Å². The predicted molar refractivity (Wildman–Crippen MR) is 217 cm³/mol. The molecule has 65 heavy (non-hydrogen) atoms. The molecule has 22 heteroatoms. The molecule has 0 spiro atoms. The van der Waals surface area contributed by atoms with Gasteiger partial charge in [-0.3, -0.25) is 0 Å². The number of benzene rings is 3. The van der Waals surface area contributed by atoms with Crippen LogP contribution in [-0.4, -0.2) is 180 Å². The summed E-state index contributed by atoms with van der Waals surface area (Å²) >= 11 is 0. The highest BCUT2D eigenvalue weighted by molar-refractivity contribution is 5.89. The fourth-order valence-electron chi connectivity index (χ4n) is 7.36. The van der Waals surface area contributed by atoms with E-state index in [0.717, 1.165) is 12.1 Å². The standard InChI is InChI=1S/C43H48O22/c1-17-39(65-30(48)10-5-18-3-7-20(45)8-4-18)35(53)38(56)41(59-17)58-16-29-32(50)34(52)37(55)43(64-29)62-27-14-22-24(60-40(27)19-6-9-23(47)26(11-19)57-2)12-21(46)13-25(22)61-42-36(54)33(51)31(49)28(15-44)63-42/h3-14,17,28-29,31-39,41-44,49-56H,15-16H2,1-2H3,(H2-,45,46,47,48)/p+1/t17-,28+,29-,31+,32+,33-,34-,35-,36+,37-,38+,39-,41+,42?,43?/m0/s1. The Bertz CT molecular complexity index is 2310. The molecule has 12 N–H and O–H groups in total. The van der Waals surface area contributed by atoms with E-state index in [2.05, 4.69) is 0 Å². The lowest BCUT2D eigenvalue weighted by molar-refractivity contribution is -0.319. The van der Waals surface area contributed by atoms with Crippen molar-refractivity contribution in [3.8, 4) is 45.8 Å². The summed E-state index contributed by atoms with van der Waals surface area (Å²) in [6.45, 7) is 0.0388. The fourth-order valence-corrected chi connectivity index (χ4v) is 7.36. The summed E-state index contributed by atoms with van der Waals surface area (Å²) in [5.41, 5.74) is 0.672. The number of aliphatic hydroxyl groups excluding tert-OH is 9. The molecule has 3 aromatic carbocycles. The number of phenols is 3. The minimum atomic E-state index is -1.96. The quantitative estimate of drug-likeness (QED) is 0.0434. The van der Waals surface area contributed by atoms with Crippen molar-refractivity contribution >= 4 is 23.0 Å². The maximum Gasteiger partial charge on any atom is 0.402 e. The van der Waals surface area contributed by atoms with E-state index in [1.807, 2.05) is 0 Å². The number of carbonyl (C=O) groups excluding carboxylic acids is 1. The predicted octanol–water partition coefficient (Wildman–Crippen LogP) is -1.02. The minimum absolute atomic E-state index is 0.00322. The lowest BCUT2D eigenvalue weighted by Crippen LogP contribution is -2.62. The Balaban J connectivity index is 1.12. The second-order valence-corrected chi connectivity index (χ2v) is 15.5. The van der Waals surface area contributed by atoms with Crippen LogP contribution in [0.3, 0.4) is 0 Å². The van der Waals surface area contributed by atoms with Gasteiger partial charge in [0.25, 0.3) is 0 Å². The molecule has 0 aliphatic carbocycles. The van der Waals surface area contributed by atoms with E-state index >= 15 is 0 Å². The zero-order valence-electron chi connectivity index (χ0n) is 34.5. The molecule has 3 aliphatic heterocycles. The van der Waals surface area contributed by atoms with Crippen LogP contribution >= 0.6 is 0 Å². The van der Waals surface area contributed by atoms with E-state index in [0.29, 0.717) is 5.56 Å². The highest BCUT2D eigenvalue weighted by atomic mass is 16.7. The molecule has 352 valence electrons. The minimum Gasteiger partial charge on any atom is -0.508 e. The number of rotatable bonds is 13. The van der Waals surface area contributed by atoms with E-state index in [1.54, 1.807) is 12.1 Å². The van der Waals surface area contributed by atoms with Crippen LogP contribution in [0.15, 0.2) is 71.2 Å². The van der Waals surface area contributed by atoms with Crippen molar-refractivity contribution < 1.29 is 108 Å². The molecule has 4 heterocycles. The number of phenolic OH excluding ortho intramolecular Hbond substituents is 3. The van der Waals surface area contributed by atoms with Gasteiger partial charge in [0.15, 0.2) is 23.9 Å². The van der Waals surface area contributed by atoms with E-state index in [-0.39, 0.29) is 51.0 Å². The number of aliphatic hydroxyl groups is 9. The van der Waals surface area contributed by atoms with E-state index < -0.39 is 117 Å². The van der Waals surface area contributed by atoms with Crippen LogP contribution in [0.5, 0.6) is 34.5 Å². The molecule has 22 nitrogen and oxygen atoms in total. The summed E-state index contributed by atoms with van der Waals surface area (Å²) in [5.74, 6) is -2.16. The summed E-state index contributed by atoms with van der Waals surface area (Å²) in [6.07, 6.45) is -22.5. The fraction of sp³-hybridized carbons (Fsp3) is 0.442. The first-order valence-corrected chi connectivity index (χ1v) is 20.1. The van der Waals surface area contributed by atoms with Gasteiger partial charge >= 0.3 is 17.3 Å². The van der Waals surface area contributed by atoms with Crippen molar-refractivity contribution in [2.45, 2.75) is 99.0 Å². The monoisotopic (exact) mass is 917 g/mol. The third kappa shape index (κ3) is 10.2. The maximum absolute atomic E-state index is 12.6. The Morgan fingerprint density at radius 3 is 1.97 bits per heavy atom. The van der Waals surface area contributed by atoms with E-state index in [9.17, 15) is 66.1 Å². The molecule has 4 aromatic rings. The van der Waals surface area contributed by atoms with Gasteiger partial charge in [-0.15, -0.1) is 0 Å². The lowest BCUT2D eigenvalue weighted by atomic mass is 9.98. The van der Waals surface area contributed by atoms with Gasteiger partial charge in [-0.1, -0.05) is 12.1 Å². The summed E-state index contributed by atoms with van der Waals surface area (Å²) in [6, 6.07) is 13.5. The van der Waals surface area contributed by atoms with Crippen molar-refractivity contribution in [2.24, 2.45) is 0 Å². The number of carbonyl (C=O) groups is 1. The normalized spacial score (nSPS) is 32.9. The van der Waals surface area contributed by atoms with Gasteiger partial charge in [0.2, 0.25) is 18.3 Å². The maximum atomic E-state index is 12.6. The molecule has 1 aromatic heterocycles. The Kier molecular flexibility index (Phi) is 14.6. The Hall–Kier alpha value is -5.44. The van der Waals surface area contributed by atoms with Gasteiger partial charge in [0.1, 0.15) is 83.7 Å². The summed E-state index contributed by atoms with van der Waals surface area (Å²) in [5, 5.41) is 126. The molecule has 15 atom stereocenters. The third-order valence-electron chi connectivity index (χ3n) is 11.0. The van der Waals surface area contributed by atoms with E-state index in [1.165, 1.54) is 62.6 Å². The molecule has 0 radical (unpaired) electrons. The van der Waals surface area contributed by atoms with Crippen LogP contribution in [0.2, 0.25) is 0 Å². The second-order valence-electron chi connectivity index (χ2n) is 15.5. The molecule has 3 saturated heterocycles. The molecular weight excluding hydrogens is 868 g/mol. The van der Waals surface area contributed by atoms with Gasteiger partial charge in [0.05, 0.1) is 38.1 Å². The first-order chi connectivity index (χ1) is 31.0. The lowest BCUT2D eigenvalue weighted by Gasteiger charge is -2.42. The summed E-state index contributed by atoms with van der Waals surface area (Å²) in [4.78, 5) is 12.6. The van der Waals surface area contributed by atoms with Crippen LogP contribution in [-0.2, 0) is 28.5 Å². The molecule has 0 bridgehead atoms. The van der Waals surface area contributed by atoms with Gasteiger partial charge in [-0.2, -0.15) is 0 Å². The summed E-state index contributed by atoms with van der Waals surface area (Å²) in [7, 11) is 1.29. The second kappa shape index (κ2) is 20.0. The molecule has 2 unspecified atom stereocenters. The number of esters is 1. The van der Waals surface area contributed by atoms with Gasteiger partial charge in [-0.25, -0.2) is 9.21 Å². The van der Waals surface area contributed by atoms with E-state index in [4.69, 9.17) is 42.3 Å².